The molecule has 0 saturated carbocycles. The number of aryl methyl sites for hydroxylation is 1. The fourth-order valence-electron chi connectivity index (χ4n) is 6.41. The molecule has 2 aromatic heterocycles. The maximum atomic E-state index is 13.2. The van der Waals surface area contributed by atoms with Gasteiger partial charge in [0, 0.05) is 51.0 Å². The highest BCUT2D eigenvalue weighted by Crippen LogP contribution is 2.48. The minimum atomic E-state index is -1.25. The molecule has 1 amide bonds. The number of likely N-dealkylation sites (N-methyl/N-ethyl adjacent to an activating group) is 1. The summed E-state index contributed by atoms with van der Waals surface area (Å²) in [6, 6.07) is 16.6. The first kappa shape index (κ1) is 23.2. The molecule has 0 aliphatic carbocycles. The summed E-state index contributed by atoms with van der Waals surface area (Å²) in [5, 5.41) is 7.24. The van der Waals surface area contributed by atoms with Crippen LogP contribution in [0.5, 0.6) is 0 Å². The van der Waals surface area contributed by atoms with Crippen LogP contribution in [0.4, 0.5) is 0 Å². The maximum Gasteiger partial charge on any atom is 0.244 e. The van der Waals surface area contributed by atoms with E-state index in [1.165, 1.54) is 5.56 Å². The number of nitrogens with zero attached hydrogens (tertiary/aromatic N) is 1. The number of para-hydroxylation sites is 2. The predicted octanol–water partition coefficient (Wildman–Crippen LogP) is 5.27. The van der Waals surface area contributed by atoms with Gasteiger partial charge in [-0.15, -0.1) is 0 Å². The summed E-state index contributed by atoms with van der Waals surface area (Å²) in [5.41, 5.74) is 10.9. The molecule has 6 nitrogen and oxygen atoms in total. The highest BCUT2D eigenvalue weighted by Gasteiger charge is 2.58. The molecule has 6 rings (SSSR count). The quantitative estimate of drug-likeness (QED) is 0.233. The summed E-state index contributed by atoms with van der Waals surface area (Å²) in [4.78, 5) is 17.8. The van der Waals surface area contributed by atoms with Crippen molar-refractivity contribution in [3.8, 4) is 0 Å². The van der Waals surface area contributed by atoms with E-state index in [1.807, 2.05) is 26.0 Å². The topological polar surface area (TPSA) is 85.1 Å². The van der Waals surface area contributed by atoms with Crippen molar-refractivity contribution in [2.75, 3.05) is 13.7 Å². The van der Waals surface area contributed by atoms with Crippen LogP contribution in [-0.2, 0) is 21.7 Å². The average molecular weight is 499 g/mol. The zero-order chi connectivity index (χ0) is 25.4. The molecular formula is C29H30N4O2S. The molecule has 1 fully saturated rings. The molecule has 36 heavy (non-hydrogen) atoms. The molecule has 4 N–H and O–H groups in total. The zero-order valence-electron chi connectivity index (χ0n) is 21.0. The van der Waals surface area contributed by atoms with Gasteiger partial charge in [-0.1, -0.05) is 55.5 Å². The van der Waals surface area contributed by atoms with Gasteiger partial charge in [0.05, 0.1) is 23.2 Å². The van der Waals surface area contributed by atoms with E-state index in [1.54, 1.807) is 7.05 Å². The molecule has 1 aliphatic rings. The number of rotatable bonds is 4. The number of hydrogen-bond acceptors (Lipinski definition) is 4. The SMILES string of the molecule is CCc1c(C(C)=S)c2c3ccccc3[nH]c2c2c1c1ccccc1n2[C@@]1(C)OCC[C@]1(N)C(=O)NC. The minimum Gasteiger partial charge on any atom is -0.357 e. The molecule has 5 aromatic rings. The van der Waals surface area contributed by atoms with Gasteiger partial charge in [-0.05, 0) is 38.0 Å². The van der Waals surface area contributed by atoms with Crippen molar-refractivity contribution >= 4 is 66.6 Å². The van der Waals surface area contributed by atoms with Crippen molar-refractivity contribution in [3.63, 3.8) is 0 Å². The number of aromatic amines is 1. The summed E-state index contributed by atoms with van der Waals surface area (Å²) in [6.07, 6.45) is 1.23. The lowest BCUT2D eigenvalue weighted by atomic mass is 9.86. The number of H-pyrrole nitrogens is 1. The van der Waals surface area contributed by atoms with Gasteiger partial charge in [0.1, 0.15) is 5.54 Å². The van der Waals surface area contributed by atoms with Crippen molar-refractivity contribution in [1.82, 2.24) is 14.9 Å². The van der Waals surface area contributed by atoms with Gasteiger partial charge in [0.2, 0.25) is 5.91 Å². The maximum absolute atomic E-state index is 13.2. The average Bonchev–Trinajstić information content (AvgIpc) is 3.53. The zero-order valence-corrected chi connectivity index (χ0v) is 21.8. The third-order valence-electron chi connectivity index (χ3n) is 8.14. The largest absolute Gasteiger partial charge is 0.357 e. The number of nitrogens with one attached hydrogen (secondary N) is 2. The Hall–Kier alpha value is -3.26. The summed E-state index contributed by atoms with van der Waals surface area (Å²) in [5.74, 6) is -0.233. The number of hydrogen-bond donors (Lipinski definition) is 3. The van der Waals surface area contributed by atoms with E-state index in [0.29, 0.717) is 13.0 Å². The summed E-state index contributed by atoms with van der Waals surface area (Å²) >= 11 is 5.86. The van der Waals surface area contributed by atoms with Crippen LogP contribution in [0.15, 0.2) is 48.5 Å². The lowest BCUT2D eigenvalue weighted by Gasteiger charge is -2.40. The first-order valence-electron chi connectivity index (χ1n) is 12.4. The summed E-state index contributed by atoms with van der Waals surface area (Å²) in [6.45, 7) is 6.52. The standard InChI is InChI=1S/C29H30N4O2S/c1-5-17-22(16(2)36)24-18-10-6-8-12-20(18)32-25(24)26-23(17)19-11-7-9-13-21(19)33(26)28(3)29(30,14-15-35-28)27(34)31-4/h6-13,32H,5,14-15,30H2,1-4H3,(H,31,34)/t28-,29-/m0/s1. The number of aromatic nitrogens is 2. The molecule has 0 spiro atoms. The van der Waals surface area contributed by atoms with Gasteiger partial charge in [-0.3, -0.25) is 4.79 Å². The van der Waals surface area contributed by atoms with E-state index >= 15 is 0 Å². The molecule has 184 valence electrons. The molecule has 0 unspecified atom stereocenters. The third kappa shape index (κ3) is 2.73. The van der Waals surface area contributed by atoms with Crippen LogP contribution in [0.2, 0.25) is 0 Å². The molecule has 7 heteroatoms. The Labute approximate surface area is 214 Å². The van der Waals surface area contributed by atoms with E-state index in [0.717, 1.165) is 60.5 Å². The fourth-order valence-corrected chi connectivity index (χ4v) is 6.63. The van der Waals surface area contributed by atoms with E-state index in [2.05, 4.69) is 58.2 Å². The molecule has 1 saturated heterocycles. The van der Waals surface area contributed by atoms with E-state index < -0.39 is 11.3 Å². The monoisotopic (exact) mass is 498 g/mol. The molecule has 0 radical (unpaired) electrons. The Bertz CT molecular complexity index is 1730. The molecule has 1 aliphatic heterocycles. The van der Waals surface area contributed by atoms with E-state index in [-0.39, 0.29) is 5.91 Å². The van der Waals surface area contributed by atoms with Crippen LogP contribution in [0.1, 0.15) is 38.3 Å². The number of benzene rings is 3. The first-order valence-corrected chi connectivity index (χ1v) is 12.8. The lowest BCUT2D eigenvalue weighted by Crippen LogP contribution is -2.64. The molecule has 3 heterocycles. The van der Waals surface area contributed by atoms with Crippen molar-refractivity contribution < 1.29 is 9.53 Å². The number of thiocarbonyl (C=S) groups is 1. The van der Waals surface area contributed by atoms with Crippen LogP contribution in [0.25, 0.3) is 43.6 Å². The Balaban J connectivity index is 1.93. The summed E-state index contributed by atoms with van der Waals surface area (Å²) < 4.78 is 8.62. The summed E-state index contributed by atoms with van der Waals surface area (Å²) in [7, 11) is 1.63. The van der Waals surface area contributed by atoms with E-state index in [9.17, 15) is 4.79 Å². The Morgan fingerprint density at radius 1 is 1.17 bits per heavy atom. The number of carbonyl (C=O) groups excluding carboxylic acids is 1. The highest BCUT2D eigenvalue weighted by molar-refractivity contribution is 7.80. The van der Waals surface area contributed by atoms with Crippen LogP contribution in [0, 0.1) is 0 Å². The van der Waals surface area contributed by atoms with Gasteiger partial charge in [0.15, 0.2) is 5.72 Å². The third-order valence-corrected chi connectivity index (χ3v) is 8.35. The Morgan fingerprint density at radius 2 is 1.86 bits per heavy atom. The number of carbonyl (C=O) groups is 1. The van der Waals surface area contributed by atoms with Crippen molar-refractivity contribution in [1.29, 1.82) is 0 Å². The van der Waals surface area contributed by atoms with Crippen LogP contribution in [-0.4, -0.2) is 39.5 Å². The normalized spacial score (nSPS) is 22.2. The van der Waals surface area contributed by atoms with Crippen LogP contribution in [0.3, 0.4) is 0 Å². The number of amides is 1. The minimum absolute atomic E-state index is 0.233. The van der Waals surface area contributed by atoms with Gasteiger partial charge >= 0.3 is 0 Å². The first-order chi connectivity index (χ1) is 17.3. The second-order valence-electron chi connectivity index (χ2n) is 9.89. The second kappa shape index (κ2) is 7.87. The molecular weight excluding hydrogens is 468 g/mol. The van der Waals surface area contributed by atoms with Crippen molar-refractivity contribution in [2.45, 2.75) is 44.9 Å². The second-order valence-corrected chi connectivity index (χ2v) is 10.5. The molecule has 2 atom stereocenters. The van der Waals surface area contributed by atoms with Crippen molar-refractivity contribution in [2.24, 2.45) is 5.73 Å². The smallest absolute Gasteiger partial charge is 0.244 e. The van der Waals surface area contributed by atoms with Crippen LogP contribution >= 0.6 is 12.2 Å². The predicted molar refractivity (Wildman–Crippen MR) is 151 cm³/mol. The van der Waals surface area contributed by atoms with Gasteiger partial charge < -0.3 is 25.3 Å². The van der Waals surface area contributed by atoms with E-state index in [4.69, 9.17) is 22.7 Å². The molecule has 3 aromatic carbocycles. The number of nitrogens with two attached hydrogens (primary N) is 1. The Morgan fingerprint density at radius 3 is 2.56 bits per heavy atom. The van der Waals surface area contributed by atoms with Crippen molar-refractivity contribution in [3.05, 3.63) is 59.7 Å². The van der Waals surface area contributed by atoms with Crippen LogP contribution < -0.4 is 11.1 Å². The highest BCUT2D eigenvalue weighted by atomic mass is 32.1. The van der Waals surface area contributed by atoms with Gasteiger partial charge in [-0.25, -0.2) is 0 Å². The van der Waals surface area contributed by atoms with Gasteiger partial charge in [-0.2, -0.15) is 0 Å². The number of fused-ring (bicyclic) bond motifs is 7. The lowest BCUT2D eigenvalue weighted by molar-refractivity contribution is -0.139. The number of ether oxygens (including phenoxy) is 1. The van der Waals surface area contributed by atoms with Gasteiger partial charge in [0.25, 0.3) is 0 Å². The fraction of sp³-hybridized carbons (Fsp3) is 0.310. The molecule has 0 bridgehead atoms. The Kier molecular flexibility index (Phi) is 5.06.